The maximum Gasteiger partial charge on any atom is 0.242 e. The summed E-state index contributed by atoms with van der Waals surface area (Å²) in [5.41, 5.74) is 2.64. The van der Waals surface area contributed by atoms with Crippen LogP contribution < -0.4 is 19.5 Å². The number of carbonyl (C=O) groups excluding carboxylic acids is 1. The highest BCUT2D eigenvalue weighted by Gasteiger charge is 2.27. The second kappa shape index (κ2) is 12.4. The first-order chi connectivity index (χ1) is 16.9. The van der Waals surface area contributed by atoms with Gasteiger partial charge in [-0.25, -0.2) is 8.42 Å². The average molecular weight is 497 g/mol. The Balaban J connectivity index is 1.83. The van der Waals surface area contributed by atoms with Gasteiger partial charge in [-0.3, -0.25) is 4.79 Å². The largest absolute Gasteiger partial charge is 0.493 e. The van der Waals surface area contributed by atoms with E-state index >= 15 is 0 Å². The van der Waals surface area contributed by atoms with Gasteiger partial charge in [-0.2, -0.15) is 4.72 Å². The molecule has 35 heavy (non-hydrogen) atoms. The number of amides is 1. The molecule has 0 saturated carbocycles. The zero-order valence-corrected chi connectivity index (χ0v) is 21.1. The van der Waals surface area contributed by atoms with E-state index in [-0.39, 0.29) is 17.1 Å². The molecule has 0 aliphatic heterocycles. The molecule has 0 aliphatic carbocycles. The molecule has 0 spiro atoms. The number of methoxy groups -OCH3 is 2. The van der Waals surface area contributed by atoms with Crippen molar-refractivity contribution in [1.82, 2.24) is 4.72 Å². The molecule has 8 heteroatoms. The van der Waals surface area contributed by atoms with E-state index in [9.17, 15) is 13.2 Å². The van der Waals surface area contributed by atoms with Crippen LogP contribution in [0.2, 0.25) is 0 Å². The lowest BCUT2D eigenvalue weighted by molar-refractivity contribution is -0.117. The van der Waals surface area contributed by atoms with E-state index in [1.165, 1.54) is 38.0 Å². The first-order valence-electron chi connectivity index (χ1n) is 11.5. The van der Waals surface area contributed by atoms with E-state index in [2.05, 4.69) is 17.0 Å². The van der Waals surface area contributed by atoms with Gasteiger partial charge in [-0.15, -0.1) is 0 Å². The van der Waals surface area contributed by atoms with Gasteiger partial charge in [0.2, 0.25) is 15.9 Å². The zero-order valence-electron chi connectivity index (χ0n) is 20.3. The zero-order chi connectivity index (χ0) is 25.3. The molecule has 3 aromatic rings. The van der Waals surface area contributed by atoms with Crippen molar-refractivity contribution in [3.05, 3.63) is 83.9 Å². The number of rotatable bonds is 12. The lowest BCUT2D eigenvalue weighted by atomic mass is 10.1. The third kappa shape index (κ3) is 7.31. The summed E-state index contributed by atoms with van der Waals surface area (Å²) in [6.07, 6.45) is 3.38. The van der Waals surface area contributed by atoms with Crippen LogP contribution in [0.1, 0.15) is 30.9 Å². The van der Waals surface area contributed by atoms with Gasteiger partial charge in [-0.1, -0.05) is 55.8 Å². The molecule has 7 nitrogen and oxygen atoms in total. The summed E-state index contributed by atoms with van der Waals surface area (Å²) in [5, 5.41) is 2.85. The summed E-state index contributed by atoms with van der Waals surface area (Å²) in [5.74, 6) is 0.245. The Morgan fingerprint density at radius 3 is 2.20 bits per heavy atom. The SMILES string of the molecule is CCCCc1ccc(NC(=O)[C@H](Cc2ccccc2)NS(=O)(=O)c2ccc(OC)c(OC)c2)cc1. The molecule has 3 aromatic carbocycles. The number of hydrogen-bond donors (Lipinski definition) is 2. The molecule has 2 N–H and O–H groups in total. The van der Waals surface area contributed by atoms with Crippen LogP contribution in [0.4, 0.5) is 5.69 Å². The molecule has 0 radical (unpaired) electrons. The van der Waals surface area contributed by atoms with Crippen molar-refractivity contribution in [3.8, 4) is 11.5 Å². The van der Waals surface area contributed by atoms with Gasteiger partial charge in [-0.05, 0) is 54.7 Å². The second-order valence-electron chi connectivity index (χ2n) is 8.17. The van der Waals surface area contributed by atoms with E-state index in [0.29, 0.717) is 11.4 Å². The van der Waals surface area contributed by atoms with Gasteiger partial charge >= 0.3 is 0 Å². The topological polar surface area (TPSA) is 93.7 Å². The number of anilines is 1. The Labute approximate surface area is 207 Å². The summed E-state index contributed by atoms with van der Waals surface area (Å²) in [6.45, 7) is 2.14. The highest BCUT2D eigenvalue weighted by Crippen LogP contribution is 2.29. The van der Waals surface area contributed by atoms with Gasteiger partial charge < -0.3 is 14.8 Å². The van der Waals surface area contributed by atoms with E-state index in [4.69, 9.17) is 9.47 Å². The van der Waals surface area contributed by atoms with Gasteiger partial charge in [0.25, 0.3) is 0 Å². The van der Waals surface area contributed by atoms with Crippen molar-refractivity contribution >= 4 is 21.6 Å². The fraction of sp³-hybridized carbons (Fsp3) is 0.296. The predicted molar refractivity (Wildman–Crippen MR) is 137 cm³/mol. The molecular weight excluding hydrogens is 464 g/mol. The van der Waals surface area contributed by atoms with Crippen molar-refractivity contribution < 1.29 is 22.7 Å². The number of benzene rings is 3. The van der Waals surface area contributed by atoms with Crippen LogP contribution in [0.3, 0.4) is 0 Å². The smallest absolute Gasteiger partial charge is 0.242 e. The third-order valence-corrected chi connectivity index (χ3v) is 7.07. The Morgan fingerprint density at radius 1 is 0.886 bits per heavy atom. The van der Waals surface area contributed by atoms with Gasteiger partial charge in [0, 0.05) is 11.8 Å². The van der Waals surface area contributed by atoms with Crippen molar-refractivity contribution in [2.75, 3.05) is 19.5 Å². The molecule has 0 fully saturated rings. The Bertz CT molecular complexity index is 1210. The quantitative estimate of drug-likeness (QED) is 0.383. The standard InChI is InChI=1S/C27H32N2O5S/c1-4-5-9-20-12-14-22(15-13-20)28-27(30)24(18-21-10-7-6-8-11-21)29-35(31,32)23-16-17-25(33-2)26(19-23)34-3/h6-8,10-17,19,24,29H,4-5,9,18H2,1-3H3,(H,28,30)/t24-/m0/s1. The van der Waals surface area contributed by atoms with E-state index < -0.39 is 22.0 Å². The van der Waals surface area contributed by atoms with Crippen LogP contribution in [-0.2, 0) is 27.7 Å². The highest BCUT2D eigenvalue weighted by molar-refractivity contribution is 7.89. The summed E-state index contributed by atoms with van der Waals surface area (Å²) in [7, 11) is -1.13. The predicted octanol–water partition coefficient (Wildman–Crippen LogP) is 4.57. The van der Waals surface area contributed by atoms with Crippen molar-refractivity contribution in [2.45, 2.75) is 43.5 Å². The number of hydrogen-bond acceptors (Lipinski definition) is 5. The summed E-state index contributed by atoms with van der Waals surface area (Å²) < 4.78 is 39.4. The Kier molecular flexibility index (Phi) is 9.28. The van der Waals surface area contributed by atoms with Crippen LogP contribution in [0.25, 0.3) is 0 Å². The Morgan fingerprint density at radius 2 is 1.57 bits per heavy atom. The van der Waals surface area contributed by atoms with E-state index in [0.717, 1.165) is 24.8 Å². The van der Waals surface area contributed by atoms with E-state index in [1.54, 1.807) is 0 Å². The lowest BCUT2D eigenvalue weighted by Crippen LogP contribution is -2.45. The minimum Gasteiger partial charge on any atom is -0.493 e. The molecule has 0 bridgehead atoms. The highest BCUT2D eigenvalue weighted by atomic mass is 32.2. The van der Waals surface area contributed by atoms with Crippen LogP contribution in [-0.4, -0.2) is 34.6 Å². The molecule has 1 amide bonds. The number of ether oxygens (including phenoxy) is 2. The lowest BCUT2D eigenvalue weighted by Gasteiger charge is -2.19. The molecule has 0 saturated heterocycles. The van der Waals surface area contributed by atoms with Crippen molar-refractivity contribution in [3.63, 3.8) is 0 Å². The maximum atomic E-state index is 13.2. The molecule has 0 aliphatic rings. The van der Waals surface area contributed by atoms with Gasteiger partial charge in [0.1, 0.15) is 6.04 Å². The monoisotopic (exact) mass is 496 g/mol. The van der Waals surface area contributed by atoms with Gasteiger partial charge in [0.15, 0.2) is 11.5 Å². The number of nitrogens with one attached hydrogen (secondary N) is 2. The van der Waals surface area contributed by atoms with Crippen LogP contribution >= 0.6 is 0 Å². The van der Waals surface area contributed by atoms with Crippen LogP contribution in [0.15, 0.2) is 77.7 Å². The third-order valence-electron chi connectivity index (χ3n) is 5.60. The minimum atomic E-state index is -4.04. The molecule has 0 heterocycles. The molecular formula is C27H32N2O5S. The van der Waals surface area contributed by atoms with Crippen molar-refractivity contribution in [1.29, 1.82) is 0 Å². The molecule has 0 unspecified atom stereocenters. The minimum absolute atomic E-state index is 0.0266. The number of carbonyl (C=O) groups is 1. The summed E-state index contributed by atoms with van der Waals surface area (Å²) in [6, 6.07) is 20.2. The second-order valence-corrected chi connectivity index (χ2v) is 9.88. The maximum absolute atomic E-state index is 13.2. The first kappa shape index (κ1) is 26.2. The fourth-order valence-corrected chi connectivity index (χ4v) is 4.85. The van der Waals surface area contributed by atoms with E-state index in [1.807, 2.05) is 54.6 Å². The van der Waals surface area contributed by atoms with Crippen LogP contribution in [0.5, 0.6) is 11.5 Å². The number of unbranched alkanes of at least 4 members (excludes halogenated alkanes) is 1. The summed E-state index contributed by atoms with van der Waals surface area (Å²) >= 11 is 0. The fourth-order valence-electron chi connectivity index (χ4n) is 3.64. The number of sulfonamides is 1. The average Bonchev–Trinajstić information content (AvgIpc) is 2.87. The normalized spacial score (nSPS) is 12.1. The molecule has 0 aromatic heterocycles. The molecule has 1 atom stereocenters. The molecule has 3 rings (SSSR count). The number of aryl methyl sites for hydroxylation is 1. The van der Waals surface area contributed by atoms with Crippen LogP contribution in [0, 0.1) is 0 Å². The first-order valence-corrected chi connectivity index (χ1v) is 13.0. The summed E-state index contributed by atoms with van der Waals surface area (Å²) in [4.78, 5) is 13.2. The van der Waals surface area contributed by atoms with Crippen molar-refractivity contribution in [2.24, 2.45) is 0 Å². The molecule has 186 valence electrons. The van der Waals surface area contributed by atoms with Gasteiger partial charge in [0.05, 0.1) is 19.1 Å². The Hall–Kier alpha value is -3.36.